The fraction of sp³-hybridized carbons (Fsp3) is 0.538. The highest BCUT2D eigenvalue weighted by atomic mass is 16.5. The van der Waals surface area contributed by atoms with E-state index >= 15 is 0 Å². The molecule has 1 aromatic rings. The molecule has 0 atom stereocenters. The van der Waals surface area contributed by atoms with Gasteiger partial charge in [0, 0.05) is 38.9 Å². The topological polar surface area (TPSA) is 51.5 Å². The number of aromatic nitrogens is 1. The SMILES string of the molecule is COCCn1c2c(cc(C=O)c1=O)CN(C)CC2. The molecular weight excluding hydrogens is 232 g/mol. The monoisotopic (exact) mass is 250 g/mol. The zero-order chi connectivity index (χ0) is 13.1. The average molecular weight is 250 g/mol. The van der Waals surface area contributed by atoms with Crippen LogP contribution in [0.1, 0.15) is 21.6 Å². The minimum Gasteiger partial charge on any atom is -0.383 e. The average Bonchev–Trinajstić information content (AvgIpc) is 2.37. The van der Waals surface area contributed by atoms with Gasteiger partial charge in [-0.15, -0.1) is 0 Å². The molecular formula is C13H18N2O3. The summed E-state index contributed by atoms with van der Waals surface area (Å²) in [6.07, 6.45) is 1.48. The molecule has 0 aromatic carbocycles. The van der Waals surface area contributed by atoms with E-state index < -0.39 is 0 Å². The van der Waals surface area contributed by atoms with Crippen LogP contribution in [0.15, 0.2) is 10.9 Å². The molecule has 0 saturated carbocycles. The van der Waals surface area contributed by atoms with Gasteiger partial charge in [0.25, 0.3) is 5.56 Å². The van der Waals surface area contributed by atoms with Gasteiger partial charge in [0.2, 0.25) is 0 Å². The number of aldehydes is 1. The smallest absolute Gasteiger partial charge is 0.261 e. The van der Waals surface area contributed by atoms with Gasteiger partial charge in [-0.2, -0.15) is 0 Å². The Morgan fingerprint density at radius 3 is 2.94 bits per heavy atom. The van der Waals surface area contributed by atoms with Crippen molar-refractivity contribution in [2.45, 2.75) is 19.5 Å². The number of hydrogen-bond acceptors (Lipinski definition) is 4. The van der Waals surface area contributed by atoms with E-state index in [9.17, 15) is 9.59 Å². The first-order chi connectivity index (χ1) is 8.67. The van der Waals surface area contributed by atoms with Gasteiger partial charge < -0.3 is 14.2 Å². The molecule has 0 saturated heterocycles. The first-order valence-electron chi connectivity index (χ1n) is 6.05. The predicted molar refractivity (Wildman–Crippen MR) is 68.0 cm³/mol. The second kappa shape index (κ2) is 5.46. The summed E-state index contributed by atoms with van der Waals surface area (Å²) in [7, 11) is 3.64. The summed E-state index contributed by atoms with van der Waals surface area (Å²) >= 11 is 0. The van der Waals surface area contributed by atoms with Crippen LogP contribution < -0.4 is 5.56 Å². The van der Waals surface area contributed by atoms with Crippen LogP contribution in [-0.4, -0.2) is 43.1 Å². The Morgan fingerprint density at radius 2 is 2.28 bits per heavy atom. The van der Waals surface area contributed by atoms with Gasteiger partial charge in [-0.25, -0.2) is 0 Å². The molecule has 0 amide bonds. The zero-order valence-corrected chi connectivity index (χ0v) is 10.8. The molecule has 2 heterocycles. The van der Waals surface area contributed by atoms with Crippen molar-refractivity contribution < 1.29 is 9.53 Å². The number of methoxy groups -OCH3 is 1. The van der Waals surface area contributed by atoms with Gasteiger partial charge in [0.15, 0.2) is 6.29 Å². The van der Waals surface area contributed by atoms with Crippen molar-refractivity contribution in [3.63, 3.8) is 0 Å². The van der Waals surface area contributed by atoms with Crippen LogP contribution in [0.25, 0.3) is 0 Å². The van der Waals surface area contributed by atoms with E-state index in [4.69, 9.17) is 4.74 Å². The lowest BCUT2D eigenvalue weighted by atomic mass is 10.0. The van der Waals surface area contributed by atoms with Crippen molar-refractivity contribution in [2.24, 2.45) is 0 Å². The van der Waals surface area contributed by atoms with Gasteiger partial charge in [0.05, 0.1) is 12.2 Å². The molecule has 0 spiro atoms. The van der Waals surface area contributed by atoms with Gasteiger partial charge in [-0.1, -0.05) is 0 Å². The highest BCUT2D eigenvalue weighted by Crippen LogP contribution is 2.17. The lowest BCUT2D eigenvalue weighted by Gasteiger charge is -2.27. The number of ether oxygens (including phenoxy) is 1. The molecule has 18 heavy (non-hydrogen) atoms. The number of fused-ring (bicyclic) bond motifs is 1. The minimum absolute atomic E-state index is 0.203. The van der Waals surface area contributed by atoms with Gasteiger partial charge in [0.1, 0.15) is 0 Å². The molecule has 1 aromatic heterocycles. The van der Waals surface area contributed by atoms with Crippen LogP contribution in [0.2, 0.25) is 0 Å². The van der Waals surface area contributed by atoms with E-state index in [1.165, 1.54) is 0 Å². The summed E-state index contributed by atoms with van der Waals surface area (Å²) < 4.78 is 6.72. The Labute approximate surface area is 106 Å². The summed E-state index contributed by atoms with van der Waals surface area (Å²) in [5.41, 5.74) is 2.15. The van der Waals surface area contributed by atoms with Crippen LogP contribution in [0, 0.1) is 0 Å². The lowest BCUT2D eigenvalue weighted by molar-refractivity contribution is 0.112. The summed E-state index contributed by atoms with van der Waals surface area (Å²) in [6, 6.07) is 1.73. The second-order valence-corrected chi connectivity index (χ2v) is 4.63. The van der Waals surface area contributed by atoms with Crippen LogP contribution in [0.4, 0.5) is 0 Å². The standard InChI is InChI=1S/C13H18N2O3/c1-14-4-3-12-10(8-14)7-11(9-16)13(17)15(12)5-6-18-2/h7,9H,3-6,8H2,1-2H3. The lowest BCUT2D eigenvalue weighted by Crippen LogP contribution is -2.36. The summed E-state index contributed by atoms with van der Waals surface area (Å²) in [4.78, 5) is 25.3. The van der Waals surface area contributed by atoms with Gasteiger partial charge >= 0.3 is 0 Å². The summed E-state index contributed by atoms with van der Waals surface area (Å²) in [5, 5.41) is 0. The van der Waals surface area contributed by atoms with Crippen molar-refractivity contribution in [3.8, 4) is 0 Å². The third-order valence-electron chi connectivity index (χ3n) is 3.33. The normalized spacial score (nSPS) is 15.4. The van der Waals surface area contributed by atoms with Crippen LogP contribution in [0.5, 0.6) is 0 Å². The molecule has 0 N–H and O–H groups in total. The van der Waals surface area contributed by atoms with Crippen molar-refractivity contribution in [1.29, 1.82) is 0 Å². The van der Waals surface area contributed by atoms with E-state index in [2.05, 4.69) is 4.90 Å². The molecule has 0 unspecified atom stereocenters. The molecule has 5 heteroatoms. The Kier molecular flexibility index (Phi) is 3.93. The molecule has 2 rings (SSSR count). The number of nitrogens with zero attached hydrogens (tertiary/aromatic N) is 2. The fourth-order valence-corrected chi connectivity index (χ4v) is 2.39. The number of likely N-dealkylation sites (N-methyl/N-ethyl adjacent to an activating group) is 1. The maximum atomic E-state index is 12.1. The molecule has 5 nitrogen and oxygen atoms in total. The quantitative estimate of drug-likeness (QED) is 0.721. The van der Waals surface area contributed by atoms with Crippen LogP contribution in [-0.2, 0) is 24.2 Å². The third-order valence-corrected chi connectivity index (χ3v) is 3.33. The fourth-order valence-electron chi connectivity index (χ4n) is 2.39. The number of hydrogen-bond donors (Lipinski definition) is 0. The zero-order valence-electron chi connectivity index (χ0n) is 10.8. The van der Waals surface area contributed by atoms with E-state index in [1.54, 1.807) is 17.7 Å². The Balaban J connectivity index is 2.51. The second-order valence-electron chi connectivity index (χ2n) is 4.63. The number of carbonyl (C=O) groups is 1. The Morgan fingerprint density at radius 1 is 1.50 bits per heavy atom. The molecule has 1 aliphatic rings. The van der Waals surface area contributed by atoms with Crippen molar-refractivity contribution >= 4 is 6.29 Å². The Hall–Kier alpha value is -1.46. The molecule has 0 fully saturated rings. The number of rotatable bonds is 4. The Bertz CT molecular complexity index is 508. The molecule has 0 bridgehead atoms. The third kappa shape index (κ3) is 2.37. The largest absolute Gasteiger partial charge is 0.383 e. The van der Waals surface area contributed by atoms with E-state index in [0.29, 0.717) is 19.4 Å². The van der Waals surface area contributed by atoms with Crippen molar-refractivity contribution in [3.05, 3.63) is 33.2 Å². The van der Waals surface area contributed by atoms with E-state index in [-0.39, 0.29) is 11.1 Å². The number of carbonyl (C=O) groups excluding carboxylic acids is 1. The summed E-state index contributed by atoms with van der Waals surface area (Å²) in [6.45, 7) is 2.69. The molecule has 98 valence electrons. The minimum atomic E-state index is -0.203. The maximum Gasteiger partial charge on any atom is 0.261 e. The molecule has 1 aliphatic heterocycles. The van der Waals surface area contributed by atoms with Gasteiger partial charge in [-0.05, 0) is 18.7 Å². The molecule has 0 radical (unpaired) electrons. The van der Waals surface area contributed by atoms with Gasteiger partial charge in [-0.3, -0.25) is 9.59 Å². The van der Waals surface area contributed by atoms with E-state index in [1.807, 2.05) is 7.05 Å². The molecule has 0 aliphatic carbocycles. The number of pyridine rings is 1. The van der Waals surface area contributed by atoms with E-state index in [0.717, 1.165) is 30.8 Å². The van der Waals surface area contributed by atoms with Crippen molar-refractivity contribution in [2.75, 3.05) is 27.3 Å². The predicted octanol–water partition coefficient (Wildman–Crippen LogP) is 0.295. The first-order valence-corrected chi connectivity index (χ1v) is 6.05. The highest BCUT2D eigenvalue weighted by Gasteiger charge is 2.19. The highest BCUT2D eigenvalue weighted by molar-refractivity contribution is 5.74. The van der Waals surface area contributed by atoms with Crippen LogP contribution >= 0.6 is 0 Å². The van der Waals surface area contributed by atoms with Crippen LogP contribution in [0.3, 0.4) is 0 Å². The maximum absolute atomic E-state index is 12.1. The van der Waals surface area contributed by atoms with Crippen molar-refractivity contribution in [1.82, 2.24) is 9.47 Å². The summed E-state index contributed by atoms with van der Waals surface area (Å²) in [5.74, 6) is 0. The first kappa shape index (κ1) is 13.0.